The SMILES string of the molecule is O=C(NC(Cc1ccccc1)(c1cc(F)cc(OC(F)(F)C(F)F)c1)c1ccc(F)c(Cl)c1)c1cccc(C(F)(F)F)c1. The normalized spacial score (nSPS) is 13.5. The van der Waals surface area contributed by atoms with Crippen LogP contribution in [-0.4, -0.2) is 18.4 Å². The van der Waals surface area contributed by atoms with Gasteiger partial charge in [-0.15, -0.1) is 0 Å². The number of ether oxygens (including phenoxy) is 1. The number of rotatable bonds is 9. The van der Waals surface area contributed by atoms with E-state index in [9.17, 15) is 44.3 Å². The molecule has 13 heteroatoms. The highest BCUT2D eigenvalue weighted by Gasteiger charge is 2.45. The molecule has 4 aromatic rings. The second kappa shape index (κ2) is 12.2. The molecule has 4 rings (SSSR count). The molecule has 1 atom stereocenters. The lowest BCUT2D eigenvalue weighted by Crippen LogP contribution is -2.49. The highest BCUT2D eigenvalue weighted by Crippen LogP contribution is 2.39. The van der Waals surface area contributed by atoms with Crippen molar-refractivity contribution in [1.82, 2.24) is 5.32 Å². The zero-order chi connectivity index (χ0) is 31.6. The Hall–Kier alpha value is -4.19. The van der Waals surface area contributed by atoms with E-state index in [0.717, 1.165) is 48.5 Å². The van der Waals surface area contributed by atoms with Crippen LogP contribution in [0.1, 0.15) is 32.6 Å². The Balaban J connectivity index is 1.97. The van der Waals surface area contributed by atoms with Crippen LogP contribution in [0.5, 0.6) is 5.75 Å². The van der Waals surface area contributed by atoms with Crippen LogP contribution in [0.3, 0.4) is 0 Å². The second-order valence-corrected chi connectivity index (χ2v) is 9.78. The Kier molecular flexibility index (Phi) is 9.00. The van der Waals surface area contributed by atoms with Crippen LogP contribution in [0.2, 0.25) is 5.02 Å². The van der Waals surface area contributed by atoms with E-state index in [1.54, 1.807) is 30.3 Å². The van der Waals surface area contributed by atoms with Crippen molar-refractivity contribution in [2.45, 2.75) is 30.7 Å². The van der Waals surface area contributed by atoms with Gasteiger partial charge in [0.15, 0.2) is 0 Å². The highest BCUT2D eigenvalue weighted by atomic mass is 35.5. The number of amides is 1. The molecule has 0 aliphatic carbocycles. The van der Waals surface area contributed by atoms with Crippen molar-refractivity contribution < 1.29 is 49.0 Å². The molecule has 0 fully saturated rings. The summed E-state index contributed by atoms with van der Waals surface area (Å²) >= 11 is 6.03. The number of carbonyl (C=O) groups is 1. The van der Waals surface area contributed by atoms with Gasteiger partial charge >= 0.3 is 18.7 Å². The molecule has 1 unspecified atom stereocenters. The smallest absolute Gasteiger partial charge is 0.428 e. The Bertz CT molecular complexity index is 1610. The van der Waals surface area contributed by atoms with Gasteiger partial charge in [0.1, 0.15) is 17.4 Å². The summed E-state index contributed by atoms with van der Waals surface area (Å²) in [6.45, 7) is 0. The largest absolute Gasteiger partial charge is 0.461 e. The number of carbonyl (C=O) groups excluding carboxylic acids is 1. The summed E-state index contributed by atoms with van der Waals surface area (Å²) in [6.07, 6.45) is -14.5. The van der Waals surface area contributed by atoms with Gasteiger partial charge < -0.3 is 10.1 Å². The minimum Gasteiger partial charge on any atom is -0.428 e. The third kappa shape index (κ3) is 7.24. The number of halogens is 10. The van der Waals surface area contributed by atoms with Crippen LogP contribution < -0.4 is 10.1 Å². The first kappa shape index (κ1) is 31.7. The van der Waals surface area contributed by atoms with Gasteiger partial charge in [-0.05, 0) is 59.2 Å². The van der Waals surface area contributed by atoms with Gasteiger partial charge in [-0.2, -0.15) is 30.7 Å². The van der Waals surface area contributed by atoms with Gasteiger partial charge in [-0.3, -0.25) is 4.79 Å². The van der Waals surface area contributed by atoms with Crippen LogP contribution in [0, 0.1) is 11.6 Å². The van der Waals surface area contributed by atoms with E-state index in [4.69, 9.17) is 11.6 Å². The molecule has 0 radical (unpaired) electrons. The first-order valence-corrected chi connectivity index (χ1v) is 12.6. The van der Waals surface area contributed by atoms with Gasteiger partial charge in [0.2, 0.25) is 0 Å². The van der Waals surface area contributed by atoms with E-state index >= 15 is 0 Å². The van der Waals surface area contributed by atoms with Gasteiger partial charge in [0.25, 0.3) is 5.91 Å². The summed E-state index contributed by atoms with van der Waals surface area (Å²) in [5.41, 5.74) is -3.70. The standard InChI is InChI=1S/C30H19ClF9NO2/c31-24-14-19(9-10-25(24)33)28(16-17-5-2-1-3-6-17,41-26(42)18-7-4-8-20(11-18)29(36,37)38)21-12-22(32)15-23(13-21)43-30(39,40)27(34)35/h1-15,27H,16H2,(H,41,42). The lowest BCUT2D eigenvalue weighted by Gasteiger charge is -2.37. The quantitative estimate of drug-likeness (QED) is 0.188. The lowest BCUT2D eigenvalue weighted by molar-refractivity contribution is -0.253. The fraction of sp³-hybridized carbons (Fsp3) is 0.167. The molecular weight excluding hydrogens is 613 g/mol. The first-order chi connectivity index (χ1) is 20.1. The van der Waals surface area contributed by atoms with Crippen LogP contribution in [0.15, 0.2) is 91.0 Å². The Morgan fingerprint density at radius 3 is 2.12 bits per heavy atom. The molecule has 4 aromatic carbocycles. The molecule has 226 valence electrons. The molecule has 0 bridgehead atoms. The fourth-order valence-electron chi connectivity index (χ4n) is 4.40. The summed E-state index contributed by atoms with van der Waals surface area (Å²) in [5, 5.41) is 2.08. The molecule has 0 aromatic heterocycles. The minimum absolute atomic E-state index is 0.0553. The predicted molar refractivity (Wildman–Crippen MR) is 139 cm³/mol. The zero-order valence-electron chi connectivity index (χ0n) is 21.5. The molecule has 0 spiro atoms. The van der Waals surface area contributed by atoms with Gasteiger partial charge in [0, 0.05) is 18.1 Å². The van der Waals surface area contributed by atoms with E-state index in [-0.39, 0.29) is 17.5 Å². The summed E-state index contributed by atoms with van der Waals surface area (Å²) in [7, 11) is 0. The summed E-state index contributed by atoms with van der Waals surface area (Å²) in [5.74, 6) is -4.34. The summed E-state index contributed by atoms with van der Waals surface area (Å²) in [6, 6.07) is 16.3. The van der Waals surface area contributed by atoms with Gasteiger partial charge in [-0.1, -0.05) is 54.1 Å². The van der Waals surface area contributed by atoms with Crippen molar-refractivity contribution in [3.8, 4) is 5.75 Å². The average Bonchev–Trinajstić information content (AvgIpc) is 2.93. The van der Waals surface area contributed by atoms with Crippen molar-refractivity contribution in [3.63, 3.8) is 0 Å². The van der Waals surface area contributed by atoms with Crippen molar-refractivity contribution in [2.24, 2.45) is 0 Å². The van der Waals surface area contributed by atoms with Crippen LogP contribution in [0.25, 0.3) is 0 Å². The topological polar surface area (TPSA) is 38.3 Å². The summed E-state index contributed by atoms with van der Waals surface area (Å²) < 4.78 is 127. The minimum atomic E-state index is -5.03. The Labute approximate surface area is 243 Å². The number of nitrogens with one attached hydrogen (secondary N) is 1. The third-order valence-electron chi connectivity index (χ3n) is 6.38. The number of hydrogen-bond acceptors (Lipinski definition) is 2. The third-order valence-corrected chi connectivity index (χ3v) is 6.67. The van der Waals surface area contributed by atoms with Crippen LogP contribution in [-0.2, 0) is 18.1 Å². The highest BCUT2D eigenvalue weighted by molar-refractivity contribution is 6.30. The van der Waals surface area contributed by atoms with Crippen LogP contribution in [0.4, 0.5) is 39.5 Å². The number of benzene rings is 4. The number of hydrogen-bond donors (Lipinski definition) is 1. The van der Waals surface area contributed by atoms with Gasteiger partial charge in [0.05, 0.1) is 16.1 Å². The van der Waals surface area contributed by atoms with Gasteiger partial charge in [-0.25, -0.2) is 8.78 Å². The van der Waals surface area contributed by atoms with E-state index in [2.05, 4.69) is 10.1 Å². The molecule has 1 amide bonds. The number of alkyl halides is 7. The molecule has 0 aliphatic rings. The molecule has 0 aliphatic heterocycles. The maximum atomic E-state index is 14.9. The molecule has 0 heterocycles. The second-order valence-electron chi connectivity index (χ2n) is 9.37. The molecule has 0 saturated carbocycles. The monoisotopic (exact) mass is 631 g/mol. The van der Waals surface area contributed by atoms with Crippen LogP contribution >= 0.6 is 11.6 Å². The van der Waals surface area contributed by atoms with Crippen molar-refractivity contribution in [3.05, 3.63) is 135 Å². The van der Waals surface area contributed by atoms with Crippen molar-refractivity contribution >= 4 is 17.5 Å². The molecule has 1 N–H and O–H groups in total. The fourth-order valence-corrected chi connectivity index (χ4v) is 4.58. The Morgan fingerprint density at radius 1 is 0.791 bits per heavy atom. The maximum Gasteiger partial charge on any atom is 0.461 e. The van der Waals surface area contributed by atoms with E-state index in [0.29, 0.717) is 17.7 Å². The average molecular weight is 632 g/mol. The van der Waals surface area contributed by atoms with Crippen molar-refractivity contribution in [1.29, 1.82) is 0 Å². The molecule has 43 heavy (non-hydrogen) atoms. The maximum absolute atomic E-state index is 14.9. The zero-order valence-corrected chi connectivity index (χ0v) is 22.3. The first-order valence-electron chi connectivity index (χ1n) is 12.3. The van der Waals surface area contributed by atoms with E-state index in [1.807, 2.05) is 0 Å². The van der Waals surface area contributed by atoms with E-state index < -0.39 is 63.7 Å². The van der Waals surface area contributed by atoms with Crippen molar-refractivity contribution in [2.75, 3.05) is 0 Å². The summed E-state index contributed by atoms with van der Waals surface area (Å²) in [4.78, 5) is 13.6. The lowest BCUT2D eigenvalue weighted by atomic mass is 9.77. The van der Waals surface area contributed by atoms with E-state index in [1.165, 1.54) is 0 Å². The molecule has 3 nitrogen and oxygen atoms in total. The molecule has 0 saturated heterocycles. The molecular formula is C30H19ClF9NO2. The Morgan fingerprint density at radius 2 is 1.49 bits per heavy atom. The predicted octanol–water partition coefficient (Wildman–Crippen LogP) is 8.79.